The lowest BCUT2D eigenvalue weighted by Crippen LogP contribution is -2.39. The third-order valence-corrected chi connectivity index (χ3v) is 5.04. The summed E-state index contributed by atoms with van der Waals surface area (Å²) in [6.07, 6.45) is 5.66. The summed E-state index contributed by atoms with van der Waals surface area (Å²) in [5.74, 6) is 5.10. The number of pyridine rings is 1. The van der Waals surface area contributed by atoms with Gasteiger partial charge in [-0.25, -0.2) is 4.98 Å². The Morgan fingerprint density at radius 2 is 2.11 bits per heavy atom. The molecule has 1 aromatic heterocycles. The van der Waals surface area contributed by atoms with Crippen molar-refractivity contribution in [3.05, 3.63) is 24.0 Å². The van der Waals surface area contributed by atoms with Gasteiger partial charge in [0.05, 0.1) is 11.9 Å². The molecule has 0 fully saturated rings. The Hall–Kier alpha value is -1.27. The van der Waals surface area contributed by atoms with Crippen LogP contribution in [0.25, 0.3) is 0 Å². The third kappa shape index (κ3) is 4.11. The molecule has 1 heterocycles. The average Bonchev–Trinajstić information content (AvgIpc) is 2.49. The minimum atomic E-state index is -0.149. The second-order valence-corrected chi connectivity index (χ2v) is 5.63. The molecule has 106 valence electrons. The molecule has 1 amide bonds. The molecule has 0 atom stereocenters. The van der Waals surface area contributed by atoms with E-state index in [1.54, 1.807) is 23.9 Å². The van der Waals surface area contributed by atoms with Gasteiger partial charge in [-0.15, -0.1) is 0 Å². The maximum atomic E-state index is 12.0. The van der Waals surface area contributed by atoms with Crippen molar-refractivity contribution in [2.45, 2.75) is 31.4 Å². The summed E-state index contributed by atoms with van der Waals surface area (Å²) in [5, 5.41) is 2.96. The van der Waals surface area contributed by atoms with Gasteiger partial charge in [-0.1, -0.05) is 13.8 Å². The highest BCUT2D eigenvalue weighted by Crippen LogP contribution is 2.29. The summed E-state index contributed by atoms with van der Waals surface area (Å²) in [7, 11) is 0. The monoisotopic (exact) mass is 282 g/mol. The molecule has 1 aromatic rings. The Labute approximate surface area is 118 Å². The number of amides is 1. The number of nitrogens with two attached hydrogens (primary N) is 1. The molecule has 5 nitrogen and oxygen atoms in total. The average molecular weight is 282 g/mol. The number of nitrogens with one attached hydrogen (secondary N) is 2. The Bertz CT molecular complexity index is 395. The molecule has 6 heteroatoms. The van der Waals surface area contributed by atoms with Crippen molar-refractivity contribution < 1.29 is 4.79 Å². The van der Waals surface area contributed by atoms with Crippen LogP contribution in [0.4, 0.5) is 5.69 Å². The number of rotatable bonds is 7. The Balaban J connectivity index is 2.63. The van der Waals surface area contributed by atoms with E-state index in [4.69, 9.17) is 5.84 Å². The Morgan fingerprint density at radius 1 is 1.42 bits per heavy atom. The minimum absolute atomic E-state index is 0.106. The van der Waals surface area contributed by atoms with E-state index in [2.05, 4.69) is 35.8 Å². The van der Waals surface area contributed by atoms with E-state index in [0.717, 1.165) is 12.8 Å². The smallest absolute Gasteiger partial charge is 0.269 e. The number of hydrogen-bond acceptors (Lipinski definition) is 5. The summed E-state index contributed by atoms with van der Waals surface area (Å²) in [4.78, 5) is 16.1. The van der Waals surface area contributed by atoms with E-state index in [0.29, 0.717) is 17.9 Å². The predicted octanol–water partition coefficient (Wildman–Crippen LogP) is 2.02. The zero-order chi connectivity index (χ0) is 14.3. The number of thioether (sulfide) groups is 1. The van der Waals surface area contributed by atoms with Crippen LogP contribution in [-0.4, -0.2) is 28.4 Å². The molecule has 19 heavy (non-hydrogen) atoms. The van der Waals surface area contributed by atoms with Gasteiger partial charge < -0.3 is 10.7 Å². The van der Waals surface area contributed by atoms with Crippen LogP contribution in [0.5, 0.6) is 0 Å². The summed E-state index contributed by atoms with van der Waals surface area (Å²) in [6.45, 7) is 4.94. The molecule has 0 spiro atoms. The predicted molar refractivity (Wildman–Crippen MR) is 81.2 cm³/mol. The molecule has 4 N–H and O–H groups in total. The maximum Gasteiger partial charge on any atom is 0.269 e. The minimum Gasteiger partial charge on any atom is -0.349 e. The van der Waals surface area contributed by atoms with Crippen molar-refractivity contribution in [3.8, 4) is 0 Å². The van der Waals surface area contributed by atoms with Gasteiger partial charge in [0.2, 0.25) is 0 Å². The first kappa shape index (κ1) is 15.8. The first-order valence-corrected chi connectivity index (χ1v) is 7.59. The molecule has 0 saturated heterocycles. The van der Waals surface area contributed by atoms with Crippen LogP contribution in [-0.2, 0) is 0 Å². The van der Waals surface area contributed by atoms with Gasteiger partial charge in [0.25, 0.3) is 5.91 Å². The number of nitrogens with zero attached hydrogens (tertiary/aromatic N) is 1. The zero-order valence-corrected chi connectivity index (χ0v) is 12.5. The standard InChI is InChI=1S/C13H22N4OS/c1-4-13(5-2,19-3)9-16-12(18)11-7-6-10(17-14)8-15-11/h6-8,17H,4-5,9,14H2,1-3H3,(H,16,18). The zero-order valence-electron chi connectivity index (χ0n) is 11.7. The van der Waals surface area contributed by atoms with E-state index in [9.17, 15) is 4.79 Å². The van der Waals surface area contributed by atoms with Gasteiger partial charge in [-0.2, -0.15) is 11.8 Å². The van der Waals surface area contributed by atoms with E-state index in [1.807, 2.05) is 0 Å². The van der Waals surface area contributed by atoms with E-state index in [-0.39, 0.29) is 10.7 Å². The Morgan fingerprint density at radius 3 is 2.53 bits per heavy atom. The lowest BCUT2D eigenvalue weighted by Gasteiger charge is -2.29. The van der Waals surface area contributed by atoms with Crippen LogP contribution in [0.3, 0.4) is 0 Å². The van der Waals surface area contributed by atoms with Gasteiger partial charge >= 0.3 is 0 Å². The van der Waals surface area contributed by atoms with Crippen molar-refractivity contribution in [3.63, 3.8) is 0 Å². The van der Waals surface area contributed by atoms with Crippen molar-refractivity contribution in [1.82, 2.24) is 10.3 Å². The fourth-order valence-corrected chi connectivity index (χ4v) is 2.60. The van der Waals surface area contributed by atoms with Crippen LogP contribution in [0, 0.1) is 0 Å². The molecular weight excluding hydrogens is 260 g/mol. The van der Waals surface area contributed by atoms with Gasteiger partial charge in [0, 0.05) is 11.3 Å². The molecule has 0 saturated carbocycles. The van der Waals surface area contributed by atoms with Crippen molar-refractivity contribution in [2.24, 2.45) is 5.84 Å². The van der Waals surface area contributed by atoms with Gasteiger partial charge in [0.15, 0.2) is 0 Å². The Kier molecular flexibility index (Phi) is 6.11. The quantitative estimate of drug-likeness (QED) is 0.526. The highest BCUT2D eigenvalue weighted by molar-refractivity contribution is 8.00. The van der Waals surface area contributed by atoms with Gasteiger partial charge in [0.1, 0.15) is 5.69 Å². The molecule has 0 unspecified atom stereocenters. The number of aromatic nitrogens is 1. The third-order valence-electron chi connectivity index (χ3n) is 3.46. The molecular formula is C13H22N4OS. The normalized spacial score (nSPS) is 11.2. The summed E-state index contributed by atoms with van der Waals surface area (Å²) in [5.41, 5.74) is 3.56. The van der Waals surface area contributed by atoms with Crippen LogP contribution >= 0.6 is 11.8 Å². The van der Waals surface area contributed by atoms with E-state index in [1.165, 1.54) is 6.20 Å². The first-order valence-electron chi connectivity index (χ1n) is 6.36. The molecule has 0 aliphatic rings. The maximum absolute atomic E-state index is 12.0. The highest BCUT2D eigenvalue weighted by Gasteiger charge is 2.25. The summed E-state index contributed by atoms with van der Waals surface area (Å²) >= 11 is 1.80. The van der Waals surface area contributed by atoms with Crippen LogP contribution in [0.15, 0.2) is 18.3 Å². The molecule has 0 aliphatic carbocycles. The van der Waals surface area contributed by atoms with Crippen LogP contribution in [0.2, 0.25) is 0 Å². The number of carbonyl (C=O) groups is 1. The van der Waals surface area contributed by atoms with Crippen LogP contribution < -0.4 is 16.6 Å². The number of anilines is 1. The van der Waals surface area contributed by atoms with Crippen LogP contribution in [0.1, 0.15) is 37.2 Å². The van der Waals surface area contributed by atoms with Gasteiger partial charge in [-0.05, 0) is 31.2 Å². The molecule has 0 aromatic carbocycles. The highest BCUT2D eigenvalue weighted by atomic mass is 32.2. The molecule has 0 radical (unpaired) electrons. The van der Waals surface area contributed by atoms with Gasteiger partial charge in [-0.3, -0.25) is 10.6 Å². The summed E-state index contributed by atoms with van der Waals surface area (Å²) < 4.78 is 0.106. The lowest BCUT2D eigenvalue weighted by atomic mass is 10.0. The fourth-order valence-electron chi connectivity index (χ4n) is 1.81. The fraction of sp³-hybridized carbons (Fsp3) is 0.538. The summed E-state index contributed by atoms with van der Waals surface area (Å²) in [6, 6.07) is 3.38. The van der Waals surface area contributed by atoms with Crippen molar-refractivity contribution in [2.75, 3.05) is 18.2 Å². The second kappa shape index (κ2) is 7.35. The number of hydrazine groups is 1. The first-order chi connectivity index (χ1) is 9.10. The van der Waals surface area contributed by atoms with E-state index >= 15 is 0 Å². The molecule has 0 bridgehead atoms. The van der Waals surface area contributed by atoms with E-state index < -0.39 is 0 Å². The lowest BCUT2D eigenvalue weighted by molar-refractivity contribution is 0.0944. The second-order valence-electron chi connectivity index (χ2n) is 4.35. The van der Waals surface area contributed by atoms with Crippen molar-refractivity contribution >= 4 is 23.4 Å². The molecule has 1 rings (SSSR count). The topological polar surface area (TPSA) is 80.0 Å². The van der Waals surface area contributed by atoms with Crippen molar-refractivity contribution in [1.29, 1.82) is 0 Å². The number of hydrogen-bond donors (Lipinski definition) is 3. The SMILES string of the molecule is CCC(CC)(CNC(=O)c1ccc(NN)cn1)SC. The molecule has 0 aliphatic heterocycles. The number of carbonyl (C=O) groups excluding carboxylic acids is 1. The largest absolute Gasteiger partial charge is 0.349 e. The number of nitrogen functional groups attached to an aromatic ring is 1.